The number of hydrogen-bond donors (Lipinski definition) is 0. The van der Waals surface area contributed by atoms with E-state index in [9.17, 15) is 13.6 Å². The third-order valence-corrected chi connectivity index (χ3v) is 3.67. The first-order chi connectivity index (χ1) is 7.18. The molecule has 0 spiro atoms. The largest absolute Gasteiger partial charge is 0.294 e. The number of benzene rings is 1. The van der Waals surface area contributed by atoms with E-state index in [1.165, 1.54) is 6.07 Å². The maximum atomic E-state index is 12.9. The minimum atomic E-state index is -0.952. The molecule has 1 aromatic rings. The van der Waals surface area contributed by atoms with Gasteiger partial charge in [0.25, 0.3) is 0 Å². The van der Waals surface area contributed by atoms with Crippen molar-refractivity contribution in [3.05, 3.63) is 35.4 Å². The van der Waals surface area contributed by atoms with Gasteiger partial charge in [-0.05, 0) is 30.4 Å². The van der Waals surface area contributed by atoms with Gasteiger partial charge in [0.2, 0.25) is 0 Å². The molecule has 1 heterocycles. The first-order valence-corrected chi connectivity index (χ1v) is 5.91. The summed E-state index contributed by atoms with van der Waals surface area (Å²) in [6.45, 7) is 0. The monoisotopic (exact) mass is 228 g/mol. The summed E-state index contributed by atoms with van der Waals surface area (Å²) >= 11 is 1.72. The van der Waals surface area contributed by atoms with Crippen molar-refractivity contribution in [1.82, 2.24) is 0 Å². The van der Waals surface area contributed by atoms with Crippen LogP contribution in [-0.2, 0) is 0 Å². The van der Waals surface area contributed by atoms with Crippen molar-refractivity contribution in [1.29, 1.82) is 0 Å². The van der Waals surface area contributed by atoms with Gasteiger partial charge in [-0.3, -0.25) is 4.79 Å². The van der Waals surface area contributed by atoms with Crippen LogP contribution in [0.15, 0.2) is 18.2 Å². The van der Waals surface area contributed by atoms with Crippen LogP contribution in [0.4, 0.5) is 8.78 Å². The van der Waals surface area contributed by atoms with E-state index in [1.54, 1.807) is 11.8 Å². The lowest BCUT2D eigenvalue weighted by molar-refractivity contribution is 0.0933. The van der Waals surface area contributed by atoms with E-state index in [1.807, 2.05) is 0 Å². The fourth-order valence-electron chi connectivity index (χ4n) is 1.63. The topological polar surface area (TPSA) is 17.1 Å². The Labute approximate surface area is 90.9 Å². The Morgan fingerprint density at radius 2 is 2.13 bits per heavy atom. The lowest BCUT2D eigenvalue weighted by Gasteiger charge is -2.07. The van der Waals surface area contributed by atoms with Crippen LogP contribution in [-0.4, -0.2) is 17.3 Å². The molecule has 2 rings (SSSR count). The number of ketones is 1. The van der Waals surface area contributed by atoms with E-state index in [2.05, 4.69) is 0 Å². The zero-order valence-electron chi connectivity index (χ0n) is 8.00. The Morgan fingerprint density at radius 1 is 1.33 bits per heavy atom. The lowest BCUT2D eigenvalue weighted by atomic mass is 9.97. The van der Waals surface area contributed by atoms with Crippen LogP contribution in [0.2, 0.25) is 0 Å². The third-order valence-electron chi connectivity index (χ3n) is 2.50. The van der Waals surface area contributed by atoms with Crippen molar-refractivity contribution in [2.24, 2.45) is 5.92 Å². The van der Waals surface area contributed by atoms with Crippen molar-refractivity contribution >= 4 is 17.5 Å². The second kappa shape index (κ2) is 4.31. The molecule has 1 unspecified atom stereocenters. The quantitative estimate of drug-likeness (QED) is 0.724. The van der Waals surface area contributed by atoms with E-state index in [4.69, 9.17) is 0 Å². The van der Waals surface area contributed by atoms with Crippen molar-refractivity contribution in [2.75, 3.05) is 11.5 Å². The maximum Gasteiger partial charge on any atom is 0.166 e. The summed E-state index contributed by atoms with van der Waals surface area (Å²) in [5.41, 5.74) is 0.279. The SMILES string of the molecule is O=C(c1ccc(F)c(F)c1)C1CCSC1. The number of Topliss-reactive ketones (excluding diaryl/α,β-unsaturated/α-hetero) is 1. The molecule has 4 heteroatoms. The summed E-state index contributed by atoms with van der Waals surface area (Å²) in [5.74, 6) is -0.199. The Morgan fingerprint density at radius 3 is 2.73 bits per heavy atom. The van der Waals surface area contributed by atoms with E-state index >= 15 is 0 Å². The van der Waals surface area contributed by atoms with Crippen LogP contribution in [0.5, 0.6) is 0 Å². The van der Waals surface area contributed by atoms with Crippen LogP contribution in [0.1, 0.15) is 16.8 Å². The van der Waals surface area contributed by atoms with Gasteiger partial charge in [0.1, 0.15) is 0 Å². The molecule has 1 aromatic carbocycles. The molecule has 1 nitrogen and oxygen atoms in total. The summed E-state index contributed by atoms with van der Waals surface area (Å²) in [6.07, 6.45) is 0.836. The molecular formula is C11H10F2OS. The van der Waals surface area contributed by atoms with Crippen molar-refractivity contribution in [3.8, 4) is 0 Å². The van der Waals surface area contributed by atoms with Gasteiger partial charge >= 0.3 is 0 Å². The molecular weight excluding hydrogens is 218 g/mol. The molecule has 1 aliphatic rings. The average molecular weight is 228 g/mol. The Bertz CT molecular complexity index is 386. The highest BCUT2D eigenvalue weighted by molar-refractivity contribution is 7.99. The molecule has 1 atom stereocenters. The molecule has 0 bridgehead atoms. The van der Waals surface area contributed by atoms with Crippen molar-refractivity contribution < 1.29 is 13.6 Å². The van der Waals surface area contributed by atoms with Gasteiger partial charge in [-0.2, -0.15) is 11.8 Å². The molecule has 0 saturated carbocycles. The minimum absolute atomic E-state index is 0.0279. The van der Waals surface area contributed by atoms with Gasteiger partial charge in [-0.25, -0.2) is 8.78 Å². The molecule has 1 fully saturated rings. The smallest absolute Gasteiger partial charge is 0.166 e. The maximum absolute atomic E-state index is 12.9. The number of hydrogen-bond acceptors (Lipinski definition) is 2. The number of halogens is 2. The first-order valence-electron chi connectivity index (χ1n) is 4.75. The van der Waals surface area contributed by atoms with E-state index in [0.717, 1.165) is 30.1 Å². The van der Waals surface area contributed by atoms with E-state index < -0.39 is 11.6 Å². The molecule has 0 amide bonds. The highest BCUT2D eigenvalue weighted by Crippen LogP contribution is 2.26. The van der Waals surface area contributed by atoms with Gasteiger partial charge in [0, 0.05) is 17.2 Å². The summed E-state index contributed by atoms with van der Waals surface area (Å²) in [6, 6.07) is 3.34. The molecule has 0 aromatic heterocycles. The summed E-state index contributed by atoms with van der Waals surface area (Å²) in [5, 5.41) is 0. The average Bonchev–Trinajstić information content (AvgIpc) is 2.74. The number of thioether (sulfide) groups is 1. The number of carbonyl (C=O) groups is 1. The lowest BCUT2D eigenvalue weighted by Crippen LogP contribution is -2.14. The third kappa shape index (κ3) is 2.20. The Hall–Kier alpha value is -0.900. The van der Waals surface area contributed by atoms with Crippen LogP contribution >= 0.6 is 11.8 Å². The molecule has 0 N–H and O–H groups in total. The number of rotatable bonds is 2. The molecule has 80 valence electrons. The predicted molar refractivity (Wildman–Crippen MR) is 56.1 cm³/mol. The van der Waals surface area contributed by atoms with Crippen molar-refractivity contribution in [3.63, 3.8) is 0 Å². The van der Waals surface area contributed by atoms with E-state index in [-0.39, 0.29) is 17.3 Å². The minimum Gasteiger partial charge on any atom is -0.294 e. The molecule has 1 aliphatic heterocycles. The second-order valence-electron chi connectivity index (χ2n) is 3.55. The fourth-order valence-corrected chi connectivity index (χ4v) is 2.85. The predicted octanol–water partition coefficient (Wildman–Crippen LogP) is 2.90. The zero-order valence-corrected chi connectivity index (χ0v) is 8.82. The Kier molecular flexibility index (Phi) is 3.05. The van der Waals surface area contributed by atoms with Gasteiger partial charge in [0.15, 0.2) is 17.4 Å². The summed E-state index contributed by atoms with van der Waals surface area (Å²) in [4.78, 5) is 11.8. The second-order valence-corrected chi connectivity index (χ2v) is 4.70. The highest BCUT2D eigenvalue weighted by atomic mass is 32.2. The number of carbonyl (C=O) groups excluding carboxylic acids is 1. The van der Waals surface area contributed by atoms with Crippen LogP contribution in [0.25, 0.3) is 0 Å². The molecule has 0 aliphatic carbocycles. The van der Waals surface area contributed by atoms with Crippen LogP contribution in [0, 0.1) is 17.6 Å². The summed E-state index contributed by atoms with van der Waals surface area (Å²) < 4.78 is 25.5. The van der Waals surface area contributed by atoms with Crippen LogP contribution < -0.4 is 0 Å². The first kappa shape index (κ1) is 10.6. The van der Waals surface area contributed by atoms with Gasteiger partial charge in [-0.15, -0.1) is 0 Å². The molecule has 0 radical (unpaired) electrons. The molecule has 1 saturated heterocycles. The Balaban J connectivity index is 2.21. The zero-order chi connectivity index (χ0) is 10.8. The van der Waals surface area contributed by atoms with Gasteiger partial charge in [-0.1, -0.05) is 0 Å². The van der Waals surface area contributed by atoms with Gasteiger partial charge < -0.3 is 0 Å². The standard InChI is InChI=1S/C11H10F2OS/c12-9-2-1-7(5-10(9)13)11(14)8-3-4-15-6-8/h1-2,5,8H,3-4,6H2. The normalized spacial score (nSPS) is 20.5. The fraction of sp³-hybridized carbons (Fsp3) is 0.364. The highest BCUT2D eigenvalue weighted by Gasteiger charge is 2.24. The van der Waals surface area contributed by atoms with Gasteiger partial charge in [0.05, 0.1) is 0 Å². The van der Waals surface area contributed by atoms with Crippen molar-refractivity contribution in [2.45, 2.75) is 6.42 Å². The summed E-state index contributed by atoms with van der Waals surface area (Å²) in [7, 11) is 0. The van der Waals surface area contributed by atoms with E-state index in [0.29, 0.717) is 0 Å². The van der Waals surface area contributed by atoms with Crippen LogP contribution in [0.3, 0.4) is 0 Å². The molecule has 15 heavy (non-hydrogen) atoms.